The highest BCUT2D eigenvalue weighted by Gasteiger charge is 2.04. The first-order chi connectivity index (χ1) is 6.84. The summed E-state index contributed by atoms with van der Waals surface area (Å²) in [5, 5.41) is 3.43. The smallest absolute Gasteiger partial charge is 0.0950 e. The van der Waals surface area contributed by atoms with Gasteiger partial charge in [-0.15, -0.1) is 0 Å². The number of methoxy groups -OCH3 is 1. The molecule has 0 aliphatic heterocycles. The van der Waals surface area contributed by atoms with Crippen LogP contribution in [0.15, 0.2) is 23.0 Å². The predicted octanol–water partition coefficient (Wildman–Crippen LogP) is 2.36. The standard InChI is InChI=1S/C11H19NO2/c1-10(11-5-8-14-9-11)12-6-3-4-7-13-2/h5,8-10,12H,3-4,6-7H2,1-2H3. The van der Waals surface area contributed by atoms with Crippen LogP contribution in [0.25, 0.3) is 0 Å². The van der Waals surface area contributed by atoms with Crippen molar-refractivity contribution >= 4 is 0 Å². The molecule has 1 rings (SSSR count). The van der Waals surface area contributed by atoms with Gasteiger partial charge < -0.3 is 14.5 Å². The second-order valence-corrected chi connectivity index (χ2v) is 3.43. The number of hydrogen-bond donors (Lipinski definition) is 1. The minimum atomic E-state index is 0.372. The van der Waals surface area contributed by atoms with E-state index in [1.165, 1.54) is 5.56 Å². The first-order valence-electron chi connectivity index (χ1n) is 5.09. The largest absolute Gasteiger partial charge is 0.472 e. The third-order valence-corrected chi connectivity index (χ3v) is 2.27. The molecule has 0 aliphatic rings. The minimum absolute atomic E-state index is 0.372. The molecule has 3 nitrogen and oxygen atoms in total. The van der Waals surface area contributed by atoms with Gasteiger partial charge in [-0.2, -0.15) is 0 Å². The predicted molar refractivity (Wildman–Crippen MR) is 56.2 cm³/mol. The van der Waals surface area contributed by atoms with Crippen LogP contribution < -0.4 is 5.32 Å². The van der Waals surface area contributed by atoms with Crippen LogP contribution >= 0.6 is 0 Å². The van der Waals surface area contributed by atoms with Crippen molar-refractivity contribution in [1.82, 2.24) is 5.32 Å². The number of nitrogens with one attached hydrogen (secondary N) is 1. The molecule has 14 heavy (non-hydrogen) atoms. The van der Waals surface area contributed by atoms with Crippen LogP contribution in [0.3, 0.4) is 0 Å². The van der Waals surface area contributed by atoms with E-state index in [0.29, 0.717) is 6.04 Å². The van der Waals surface area contributed by atoms with Gasteiger partial charge in [-0.1, -0.05) is 0 Å². The van der Waals surface area contributed by atoms with Gasteiger partial charge in [-0.3, -0.25) is 0 Å². The zero-order valence-electron chi connectivity index (χ0n) is 8.95. The Hall–Kier alpha value is -0.800. The van der Waals surface area contributed by atoms with E-state index in [2.05, 4.69) is 12.2 Å². The summed E-state index contributed by atoms with van der Waals surface area (Å²) in [7, 11) is 1.74. The molecule has 0 amide bonds. The summed E-state index contributed by atoms with van der Waals surface area (Å²) >= 11 is 0. The minimum Gasteiger partial charge on any atom is -0.472 e. The summed E-state index contributed by atoms with van der Waals surface area (Å²) < 4.78 is 10.00. The second kappa shape index (κ2) is 6.62. The Morgan fingerprint density at radius 2 is 2.36 bits per heavy atom. The molecule has 80 valence electrons. The molecule has 3 heteroatoms. The Bertz CT molecular complexity index is 221. The highest BCUT2D eigenvalue weighted by atomic mass is 16.5. The summed E-state index contributed by atoms with van der Waals surface area (Å²) in [5.74, 6) is 0. The van der Waals surface area contributed by atoms with Crippen molar-refractivity contribution in [1.29, 1.82) is 0 Å². The molecular weight excluding hydrogens is 178 g/mol. The lowest BCUT2D eigenvalue weighted by atomic mass is 10.2. The molecule has 1 aromatic heterocycles. The van der Waals surface area contributed by atoms with Gasteiger partial charge in [-0.05, 0) is 32.4 Å². The van der Waals surface area contributed by atoms with Crippen molar-refractivity contribution in [2.24, 2.45) is 0 Å². The van der Waals surface area contributed by atoms with Crippen molar-refractivity contribution in [2.75, 3.05) is 20.3 Å². The van der Waals surface area contributed by atoms with Gasteiger partial charge in [-0.25, -0.2) is 0 Å². The molecule has 1 atom stereocenters. The molecule has 0 fully saturated rings. The lowest BCUT2D eigenvalue weighted by molar-refractivity contribution is 0.192. The van der Waals surface area contributed by atoms with E-state index < -0.39 is 0 Å². The fourth-order valence-electron chi connectivity index (χ4n) is 1.33. The van der Waals surface area contributed by atoms with E-state index in [0.717, 1.165) is 26.0 Å². The van der Waals surface area contributed by atoms with Crippen molar-refractivity contribution in [3.05, 3.63) is 24.2 Å². The first-order valence-corrected chi connectivity index (χ1v) is 5.09. The Morgan fingerprint density at radius 1 is 1.50 bits per heavy atom. The molecule has 1 unspecified atom stereocenters. The van der Waals surface area contributed by atoms with Gasteiger partial charge in [0.25, 0.3) is 0 Å². The number of ether oxygens (including phenoxy) is 1. The van der Waals surface area contributed by atoms with Crippen LogP contribution in [-0.4, -0.2) is 20.3 Å². The van der Waals surface area contributed by atoms with E-state index >= 15 is 0 Å². The van der Waals surface area contributed by atoms with Crippen molar-refractivity contribution in [3.63, 3.8) is 0 Å². The maximum absolute atomic E-state index is 5.02. The summed E-state index contributed by atoms with van der Waals surface area (Å²) in [5.41, 5.74) is 1.21. The normalized spacial score (nSPS) is 13.0. The number of hydrogen-bond acceptors (Lipinski definition) is 3. The highest BCUT2D eigenvalue weighted by molar-refractivity contribution is 5.09. The molecular formula is C11H19NO2. The van der Waals surface area contributed by atoms with Crippen LogP contribution in [0.1, 0.15) is 31.4 Å². The van der Waals surface area contributed by atoms with E-state index in [1.807, 2.05) is 6.07 Å². The summed E-state index contributed by atoms with van der Waals surface area (Å²) in [6, 6.07) is 2.36. The maximum Gasteiger partial charge on any atom is 0.0950 e. The maximum atomic E-state index is 5.02. The van der Waals surface area contributed by atoms with Crippen molar-refractivity contribution in [2.45, 2.75) is 25.8 Å². The summed E-state index contributed by atoms with van der Waals surface area (Å²) in [4.78, 5) is 0. The summed E-state index contributed by atoms with van der Waals surface area (Å²) in [6.45, 7) is 4.01. The Labute approximate surface area is 85.4 Å². The van der Waals surface area contributed by atoms with Gasteiger partial charge in [0, 0.05) is 25.3 Å². The number of unbranched alkanes of at least 4 members (excludes halogenated alkanes) is 1. The van der Waals surface area contributed by atoms with E-state index in [-0.39, 0.29) is 0 Å². The quantitative estimate of drug-likeness (QED) is 0.681. The van der Waals surface area contributed by atoms with E-state index in [4.69, 9.17) is 9.15 Å². The SMILES string of the molecule is COCCCCNC(C)c1ccoc1. The zero-order chi connectivity index (χ0) is 10.2. The third kappa shape index (κ3) is 3.94. The molecule has 0 spiro atoms. The van der Waals surface area contributed by atoms with Crippen LogP contribution in [-0.2, 0) is 4.74 Å². The molecule has 0 radical (unpaired) electrons. The Morgan fingerprint density at radius 3 is 3.00 bits per heavy atom. The van der Waals surface area contributed by atoms with E-state index in [9.17, 15) is 0 Å². The summed E-state index contributed by atoms with van der Waals surface area (Å²) in [6.07, 6.45) is 5.75. The average Bonchev–Trinajstić information content (AvgIpc) is 2.70. The molecule has 1 N–H and O–H groups in total. The first kappa shape index (κ1) is 11.3. The van der Waals surface area contributed by atoms with Crippen LogP contribution in [0, 0.1) is 0 Å². The van der Waals surface area contributed by atoms with Gasteiger partial charge in [0.1, 0.15) is 0 Å². The average molecular weight is 197 g/mol. The van der Waals surface area contributed by atoms with Crippen molar-refractivity contribution < 1.29 is 9.15 Å². The topological polar surface area (TPSA) is 34.4 Å². The van der Waals surface area contributed by atoms with Gasteiger partial charge in [0.2, 0.25) is 0 Å². The lowest BCUT2D eigenvalue weighted by Gasteiger charge is -2.11. The third-order valence-electron chi connectivity index (χ3n) is 2.27. The molecule has 1 aromatic rings. The van der Waals surface area contributed by atoms with Crippen LogP contribution in [0.2, 0.25) is 0 Å². The van der Waals surface area contributed by atoms with Crippen molar-refractivity contribution in [3.8, 4) is 0 Å². The number of furan rings is 1. The Kier molecular flexibility index (Phi) is 5.33. The fraction of sp³-hybridized carbons (Fsp3) is 0.636. The van der Waals surface area contributed by atoms with Crippen LogP contribution in [0.4, 0.5) is 0 Å². The molecule has 0 bridgehead atoms. The molecule has 1 heterocycles. The van der Waals surface area contributed by atoms with E-state index in [1.54, 1.807) is 19.6 Å². The monoisotopic (exact) mass is 197 g/mol. The van der Waals surface area contributed by atoms with Gasteiger partial charge in [0.15, 0.2) is 0 Å². The zero-order valence-corrected chi connectivity index (χ0v) is 8.95. The second-order valence-electron chi connectivity index (χ2n) is 3.43. The van der Waals surface area contributed by atoms with Gasteiger partial charge in [0.05, 0.1) is 12.5 Å². The fourth-order valence-corrected chi connectivity index (χ4v) is 1.33. The molecule has 0 aromatic carbocycles. The molecule has 0 aliphatic carbocycles. The Balaban J connectivity index is 2.07. The van der Waals surface area contributed by atoms with Gasteiger partial charge >= 0.3 is 0 Å². The van der Waals surface area contributed by atoms with Crippen LogP contribution in [0.5, 0.6) is 0 Å². The highest BCUT2D eigenvalue weighted by Crippen LogP contribution is 2.11. The molecule has 0 saturated carbocycles. The molecule has 0 saturated heterocycles. The number of rotatable bonds is 7. The lowest BCUT2D eigenvalue weighted by Crippen LogP contribution is -2.19.